The summed E-state index contributed by atoms with van der Waals surface area (Å²) in [5.41, 5.74) is 2.69. The quantitative estimate of drug-likeness (QED) is 0.198. The van der Waals surface area contributed by atoms with Crippen molar-refractivity contribution in [3.8, 4) is 5.75 Å². The lowest BCUT2D eigenvalue weighted by atomic mass is 10.0. The van der Waals surface area contributed by atoms with Gasteiger partial charge in [-0.3, -0.25) is 0 Å². The van der Waals surface area contributed by atoms with Crippen LogP contribution in [0.15, 0.2) is 88.1 Å². The van der Waals surface area contributed by atoms with E-state index in [1.165, 1.54) is 6.07 Å². The van der Waals surface area contributed by atoms with Crippen molar-refractivity contribution in [1.29, 1.82) is 0 Å². The molecule has 0 fully saturated rings. The Morgan fingerprint density at radius 3 is 2.36 bits per heavy atom. The highest BCUT2D eigenvalue weighted by Crippen LogP contribution is 2.30. The molecule has 7 heteroatoms. The third kappa shape index (κ3) is 5.81. The first-order valence-corrected chi connectivity index (χ1v) is 11.8. The highest BCUT2D eigenvalue weighted by molar-refractivity contribution is 5.88. The fraction of sp³-hybridized carbons (Fsp3) is 0.207. The fourth-order valence-electron chi connectivity index (χ4n) is 3.97. The Morgan fingerprint density at radius 1 is 0.972 bits per heavy atom. The molecule has 4 aromatic rings. The largest absolute Gasteiger partial charge is 0.445 e. The van der Waals surface area contributed by atoms with Crippen molar-refractivity contribution in [3.63, 3.8) is 0 Å². The van der Waals surface area contributed by atoms with Crippen LogP contribution in [0.1, 0.15) is 41.6 Å². The molecule has 184 valence electrons. The van der Waals surface area contributed by atoms with Crippen LogP contribution in [0.25, 0.3) is 11.0 Å². The number of aryl methyl sites for hydroxylation is 2. The Labute approximate surface area is 208 Å². The lowest BCUT2D eigenvalue weighted by Gasteiger charge is -2.19. The Morgan fingerprint density at radius 2 is 1.67 bits per heavy atom. The molecular weight excluding hydrogens is 458 g/mol. The minimum Gasteiger partial charge on any atom is -0.445 e. The number of ether oxygens (including phenoxy) is 2. The second-order valence-electron chi connectivity index (χ2n) is 8.38. The molecule has 0 spiro atoms. The number of nitrogens with one attached hydrogen (secondary N) is 1. The molecule has 0 radical (unpaired) electrons. The molecule has 1 atom stereocenters. The van der Waals surface area contributed by atoms with Crippen molar-refractivity contribution in [1.82, 2.24) is 5.32 Å². The van der Waals surface area contributed by atoms with Crippen LogP contribution >= 0.6 is 0 Å². The van der Waals surface area contributed by atoms with E-state index in [9.17, 15) is 14.4 Å². The molecule has 7 nitrogen and oxygen atoms in total. The monoisotopic (exact) mass is 485 g/mol. The zero-order valence-corrected chi connectivity index (χ0v) is 20.2. The highest BCUT2D eigenvalue weighted by Gasteiger charge is 2.26. The van der Waals surface area contributed by atoms with E-state index in [2.05, 4.69) is 5.32 Å². The molecule has 36 heavy (non-hydrogen) atoms. The summed E-state index contributed by atoms with van der Waals surface area (Å²) in [4.78, 5) is 37.9. The maximum Gasteiger partial charge on any atom is 0.408 e. The molecule has 0 saturated heterocycles. The van der Waals surface area contributed by atoms with Gasteiger partial charge in [0.15, 0.2) is 6.04 Å². The Hall–Kier alpha value is -4.39. The maximum absolute atomic E-state index is 13.3. The Bertz CT molecular complexity index is 1410. The number of rotatable bonds is 8. The predicted octanol–water partition coefficient (Wildman–Crippen LogP) is 5.63. The summed E-state index contributed by atoms with van der Waals surface area (Å²) in [7, 11) is 0. The standard InChI is InChI=1S/C29H27NO6/c1-3-10-22-17-25(31)36-27-19(2)24(16-15-23(22)27)35-28(32)26(21-13-8-5-9-14-21)30-29(33)34-18-20-11-6-4-7-12-20/h4-9,11-17,26H,3,10,18H2,1-2H3,(H,30,33)/t26-/m0/s1. The summed E-state index contributed by atoms with van der Waals surface area (Å²) < 4.78 is 16.5. The van der Waals surface area contributed by atoms with Gasteiger partial charge in [0.2, 0.25) is 0 Å². The molecule has 0 aliphatic heterocycles. The smallest absolute Gasteiger partial charge is 0.408 e. The second-order valence-corrected chi connectivity index (χ2v) is 8.38. The van der Waals surface area contributed by atoms with E-state index < -0.39 is 23.7 Å². The number of benzene rings is 3. The van der Waals surface area contributed by atoms with Crippen molar-refractivity contribution in [3.05, 3.63) is 112 Å². The Balaban J connectivity index is 1.57. The average Bonchev–Trinajstić information content (AvgIpc) is 2.89. The van der Waals surface area contributed by atoms with E-state index in [4.69, 9.17) is 13.9 Å². The van der Waals surface area contributed by atoms with Gasteiger partial charge < -0.3 is 19.2 Å². The zero-order valence-electron chi connectivity index (χ0n) is 20.2. The average molecular weight is 486 g/mol. The maximum atomic E-state index is 13.3. The van der Waals surface area contributed by atoms with Gasteiger partial charge in [0.1, 0.15) is 17.9 Å². The topological polar surface area (TPSA) is 94.8 Å². The van der Waals surface area contributed by atoms with Crippen LogP contribution in [-0.4, -0.2) is 12.1 Å². The van der Waals surface area contributed by atoms with E-state index >= 15 is 0 Å². The minimum atomic E-state index is -1.11. The van der Waals surface area contributed by atoms with E-state index in [-0.39, 0.29) is 12.4 Å². The molecule has 1 amide bonds. The lowest BCUT2D eigenvalue weighted by molar-refractivity contribution is -0.136. The van der Waals surface area contributed by atoms with Crippen molar-refractivity contribution in [2.24, 2.45) is 0 Å². The molecule has 0 saturated carbocycles. The van der Waals surface area contributed by atoms with Crippen molar-refractivity contribution < 1.29 is 23.5 Å². The summed E-state index contributed by atoms with van der Waals surface area (Å²) in [5, 5.41) is 3.41. The highest BCUT2D eigenvalue weighted by atomic mass is 16.6. The van der Waals surface area contributed by atoms with E-state index in [0.717, 1.165) is 29.4 Å². The van der Waals surface area contributed by atoms with Crippen LogP contribution in [0.4, 0.5) is 4.79 Å². The third-order valence-electron chi connectivity index (χ3n) is 5.77. The number of amides is 1. The third-order valence-corrected chi connectivity index (χ3v) is 5.77. The van der Waals surface area contributed by atoms with Gasteiger partial charge in [-0.2, -0.15) is 0 Å². The molecule has 3 aromatic carbocycles. The summed E-state index contributed by atoms with van der Waals surface area (Å²) >= 11 is 0. The van der Waals surface area contributed by atoms with Crippen LogP contribution in [-0.2, 0) is 22.6 Å². The van der Waals surface area contributed by atoms with Crippen LogP contribution < -0.4 is 15.7 Å². The van der Waals surface area contributed by atoms with Crippen LogP contribution in [0.3, 0.4) is 0 Å². The van der Waals surface area contributed by atoms with Crippen LogP contribution in [0.2, 0.25) is 0 Å². The number of carbonyl (C=O) groups excluding carboxylic acids is 2. The number of hydrogen-bond donors (Lipinski definition) is 1. The summed E-state index contributed by atoms with van der Waals surface area (Å²) in [6.45, 7) is 3.82. The van der Waals surface area contributed by atoms with Gasteiger partial charge in [-0.15, -0.1) is 0 Å². The number of hydrogen-bond acceptors (Lipinski definition) is 6. The number of carbonyl (C=O) groups is 2. The first-order chi connectivity index (χ1) is 17.5. The Kier molecular flexibility index (Phi) is 7.80. The second kappa shape index (κ2) is 11.4. The molecule has 1 heterocycles. The first kappa shape index (κ1) is 24.7. The molecule has 1 N–H and O–H groups in total. The summed E-state index contributed by atoms with van der Waals surface area (Å²) in [5.74, 6) is -0.461. The van der Waals surface area contributed by atoms with E-state index in [0.29, 0.717) is 16.7 Å². The number of fused-ring (bicyclic) bond motifs is 1. The number of esters is 1. The summed E-state index contributed by atoms with van der Waals surface area (Å²) in [6.07, 6.45) is 0.848. The molecule has 0 aliphatic carbocycles. The molecular formula is C29H27NO6. The lowest BCUT2D eigenvalue weighted by Crippen LogP contribution is -2.36. The molecule has 0 bridgehead atoms. The van der Waals surface area contributed by atoms with E-state index in [1.807, 2.05) is 43.3 Å². The SMILES string of the molecule is CCCc1cc(=O)oc2c(C)c(OC(=O)[C@@H](NC(=O)OCc3ccccc3)c3ccccc3)ccc12. The van der Waals surface area contributed by atoms with Crippen LogP contribution in [0.5, 0.6) is 5.75 Å². The van der Waals surface area contributed by atoms with Gasteiger partial charge in [0, 0.05) is 17.0 Å². The van der Waals surface area contributed by atoms with Gasteiger partial charge >= 0.3 is 17.7 Å². The van der Waals surface area contributed by atoms with Crippen LogP contribution in [0, 0.1) is 6.92 Å². The van der Waals surface area contributed by atoms with Crippen molar-refractivity contribution in [2.75, 3.05) is 0 Å². The zero-order chi connectivity index (χ0) is 25.5. The van der Waals surface area contributed by atoms with Gasteiger partial charge in [0.05, 0.1) is 0 Å². The molecule has 0 unspecified atom stereocenters. The molecule has 4 rings (SSSR count). The fourth-order valence-corrected chi connectivity index (χ4v) is 3.97. The van der Waals surface area contributed by atoms with Gasteiger partial charge in [-0.05, 0) is 42.2 Å². The summed E-state index contributed by atoms with van der Waals surface area (Å²) in [6, 6.07) is 21.8. The van der Waals surface area contributed by atoms with E-state index in [1.54, 1.807) is 43.3 Å². The van der Waals surface area contributed by atoms with Crippen molar-refractivity contribution >= 4 is 23.0 Å². The molecule has 1 aromatic heterocycles. The van der Waals surface area contributed by atoms with Crippen molar-refractivity contribution in [2.45, 2.75) is 39.3 Å². The van der Waals surface area contributed by atoms with Gasteiger partial charge in [-0.25, -0.2) is 14.4 Å². The predicted molar refractivity (Wildman–Crippen MR) is 136 cm³/mol. The van der Waals surface area contributed by atoms with Gasteiger partial charge in [-0.1, -0.05) is 74.0 Å². The number of alkyl carbamates (subject to hydrolysis) is 1. The minimum absolute atomic E-state index is 0.0616. The molecule has 0 aliphatic rings. The first-order valence-electron chi connectivity index (χ1n) is 11.8. The normalized spacial score (nSPS) is 11.6. The van der Waals surface area contributed by atoms with Gasteiger partial charge in [0.25, 0.3) is 0 Å².